The molecule has 6 heteroatoms. The summed E-state index contributed by atoms with van der Waals surface area (Å²) in [6, 6.07) is 5.17. The summed E-state index contributed by atoms with van der Waals surface area (Å²) in [7, 11) is 3.34. The fourth-order valence-electron chi connectivity index (χ4n) is 2.54. The van der Waals surface area contributed by atoms with Crippen molar-refractivity contribution in [2.75, 3.05) is 33.9 Å². The van der Waals surface area contributed by atoms with Gasteiger partial charge in [0.1, 0.15) is 0 Å². The van der Waals surface area contributed by atoms with Crippen molar-refractivity contribution in [2.45, 2.75) is 13.0 Å². The Labute approximate surface area is 123 Å². The van der Waals surface area contributed by atoms with Gasteiger partial charge in [-0.15, -0.1) is 0 Å². The first-order chi connectivity index (χ1) is 10.0. The van der Waals surface area contributed by atoms with Crippen LogP contribution < -0.4 is 0 Å². The first-order valence-electron chi connectivity index (χ1n) is 6.87. The molecule has 1 N–H and O–H groups in total. The minimum atomic E-state index is -0.913. The predicted molar refractivity (Wildman–Crippen MR) is 77.4 cm³/mol. The van der Waals surface area contributed by atoms with Gasteiger partial charge in [-0.25, -0.2) is 9.59 Å². The van der Waals surface area contributed by atoms with Crippen LogP contribution in [0.3, 0.4) is 0 Å². The van der Waals surface area contributed by atoms with Crippen LogP contribution in [0.15, 0.2) is 18.2 Å². The van der Waals surface area contributed by atoms with Crippen LogP contribution in [0.2, 0.25) is 0 Å². The number of aromatic carboxylic acids is 1. The van der Waals surface area contributed by atoms with E-state index in [0.29, 0.717) is 38.2 Å². The molecule has 0 aromatic heterocycles. The summed E-state index contributed by atoms with van der Waals surface area (Å²) in [4.78, 5) is 26.9. The van der Waals surface area contributed by atoms with Crippen LogP contribution in [0, 0.1) is 0 Å². The van der Waals surface area contributed by atoms with Gasteiger partial charge in [0.2, 0.25) is 0 Å². The van der Waals surface area contributed by atoms with Crippen molar-refractivity contribution in [2.24, 2.45) is 0 Å². The number of carbonyl (C=O) groups excluding carboxylic acids is 1. The van der Waals surface area contributed by atoms with Crippen molar-refractivity contribution in [1.82, 2.24) is 9.80 Å². The first kappa shape index (κ1) is 15.3. The van der Waals surface area contributed by atoms with Crippen LogP contribution in [-0.2, 0) is 17.7 Å². The number of ether oxygens (including phenoxy) is 1. The van der Waals surface area contributed by atoms with E-state index in [0.717, 1.165) is 11.1 Å². The van der Waals surface area contributed by atoms with Crippen molar-refractivity contribution in [3.8, 4) is 0 Å². The predicted octanol–water partition coefficient (Wildman–Crippen LogP) is 1.44. The van der Waals surface area contributed by atoms with Crippen molar-refractivity contribution >= 4 is 12.0 Å². The van der Waals surface area contributed by atoms with Crippen molar-refractivity contribution in [1.29, 1.82) is 0 Å². The minimum Gasteiger partial charge on any atom is -0.478 e. The molecule has 1 aliphatic heterocycles. The number of nitrogens with zero attached hydrogens (tertiary/aromatic N) is 2. The van der Waals surface area contributed by atoms with Crippen molar-refractivity contribution in [3.63, 3.8) is 0 Å². The maximum absolute atomic E-state index is 12.3. The van der Waals surface area contributed by atoms with E-state index in [4.69, 9.17) is 4.74 Å². The van der Waals surface area contributed by atoms with E-state index in [1.165, 1.54) is 0 Å². The Morgan fingerprint density at radius 1 is 1.43 bits per heavy atom. The molecular formula is C15H20N2O4. The van der Waals surface area contributed by atoms with Crippen molar-refractivity contribution < 1.29 is 19.4 Å². The Morgan fingerprint density at radius 2 is 2.19 bits per heavy atom. The molecule has 1 aliphatic rings. The highest BCUT2D eigenvalue weighted by atomic mass is 16.5. The third-order valence-corrected chi connectivity index (χ3v) is 3.72. The molecule has 0 radical (unpaired) electrons. The molecule has 0 aliphatic carbocycles. The van der Waals surface area contributed by atoms with E-state index in [9.17, 15) is 14.7 Å². The van der Waals surface area contributed by atoms with Gasteiger partial charge in [0, 0.05) is 33.8 Å². The molecule has 0 unspecified atom stereocenters. The average Bonchev–Trinajstić information content (AvgIpc) is 2.50. The summed E-state index contributed by atoms with van der Waals surface area (Å²) >= 11 is 0. The lowest BCUT2D eigenvalue weighted by Gasteiger charge is -2.32. The maximum atomic E-state index is 12.3. The lowest BCUT2D eigenvalue weighted by atomic mass is 9.94. The molecule has 1 aromatic rings. The van der Waals surface area contributed by atoms with E-state index in [-0.39, 0.29) is 6.03 Å². The Balaban J connectivity index is 2.11. The summed E-state index contributed by atoms with van der Waals surface area (Å²) in [6.07, 6.45) is 0.571. The van der Waals surface area contributed by atoms with Gasteiger partial charge in [0.25, 0.3) is 0 Å². The molecule has 2 rings (SSSR count). The highest BCUT2D eigenvalue weighted by Gasteiger charge is 2.25. The second-order valence-electron chi connectivity index (χ2n) is 5.12. The normalized spacial score (nSPS) is 13.7. The monoisotopic (exact) mass is 292 g/mol. The van der Waals surface area contributed by atoms with E-state index in [1.54, 1.807) is 36.1 Å². The summed E-state index contributed by atoms with van der Waals surface area (Å²) in [5.41, 5.74) is 2.09. The van der Waals surface area contributed by atoms with Gasteiger partial charge in [-0.2, -0.15) is 0 Å². The topological polar surface area (TPSA) is 70.1 Å². The van der Waals surface area contributed by atoms with Gasteiger partial charge in [0.15, 0.2) is 0 Å². The van der Waals surface area contributed by atoms with E-state index >= 15 is 0 Å². The number of rotatable bonds is 4. The van der Waals surface area contributed by atoms with Gasteiger partial charge in [0.05, 0.1) is 12.2 Å². The number of carboxylic acids is 1. The number of carbonyl (C=O) groups is 2. The number of hydrogen-bond donors (Lipinski definition) is 1. The Morgan fingerprint density at radius 3 is 2.86 bits per heavy atom. The first-order valence-corrected chi connectivity index (χ1v) is 6.87. The van der Waals surface area contributed by atoms with Gasteiger partial charge in [-0.3, -0.25) is 0 Å². The third-order valence-electron chi connectivity index (χ3n) is 3.72. The quantitative estimate of drug-likeness (QED) is 0.911. The molecular weight excluding hydrogens is 272 g/mol. The van der Waals surface area contributed by atoms with Gasteiger partial charge >= 0.3 is 12.0 Å². The highest BCUT2D eigenvalue weighted by Crippen LogP contribution is 2.23. The minimum absolute atomic E-state index is 0.0570. The molecule has 6 nitrogen and oxygen atoms in total. The number of hydrogen-bond acceptors (Lipinski definition) is 3. The summed E-state index contributed by atoms with van der Waals surface area (Å²) in [6.45, 7) is 2.02. The number of methoxy groups -OCH3 is 1. The second kappa shape index (κ2) is 6.58. The molecule has 0 atom stereocenters. The SMILES string of the molecule is COCCN(C)C(=O)N1CCc2c(cccc2C(=O)O)C1. The zero-order valence-electron chi connectivity index (χ0n) is 12.3. The summed E-state index contributed by atoms with van der Waals surface area (Å²) in [5, 5.41) is 9.20. The van der Waals surface area contributed by atoms with Crippen molar-refractivity contribution in [3.05, 3.63) is 34.9 Å². The second-order valence-corrected chi connectivity index (χ2v) is 5.12. The molecule has 0 spiro atoms. The van der Waals surface area contributed by atoms with E-state index < -0.39 is 5.97 Å². The smallest absolute Gasteiger partial charge is 0.335 e. The van der Waals surface area contributed by atoms with Crippen LogP contribution in [0.1, 0.15) is 21.5 Å². The number of urea groups is 1. The molecule has 0 saturated carbocycles. The van der Waals surface area contributed by atoms with Crippen LogP contribution in [-0.4, -0.2) is 60.8 Å². The summed E-state index contributed by atoms with van der Waals surface area (Å²) in [5.74, 6) is -0.913. The highest BCUT2D eigenvalue weighted by molar-refractivity contribution is 5.90. The Hall–Kier alpha value is -2.08. The zero-order chi connectivity index (χ0) is 15.4. The van der Waals surface area contributed by atoms with E-state index in [2.05, 4.69) is 0 Å². The number of carboxylic acid groups (broad SMARTS) is 1. The van der Waals surface area contributed by atoms with Crippen LogP contribution in [0.5, 0.6) is 0 Å². The molecule has 21 heavy (non-hydrogen) atoms. The summed E-state index contributed by atoms with van der Waals surface area (Å²) < 4.78 is 4.97. The molecule has 0 fully saturated rings. The number of amides is 2. The standard InChI is InChI=1S/C15H20N2O4/c1-16(8-9-21-2)15(20)17-7-6-12-11(10-17)4-3-5-13(12)14(18)19/h3-5H,6-10H2,1-2H3,(H,18,19). The zero-order valence-corrected chi connectivity index (χ0v) is 12.3. The molecule has 0 saturated heterocycles. The van der Waals surface area contributed by atoms with Gasteiger partial charge < -0.3 is 19.6 Å². The van der Waals surface area contributed by atoms with Gasteiger partial charge in [-0.05, 0) is 23.6 Å². The fourth-order valence-corrected chi connectivity index (χ4v) is 2.54. The van der Waals surface area contributed by atoms with E-state index in [1.807, 2.05) is 6.07 Å². The maximum Gasteiger partial charge on any atom is 0.335 e. The molecule has 1 heterocycles. The number of likely N-dealkylation sites (N-methyl/N-ethyl adjacent to an activating group) is 1. The Bertz CT molecular complexity index is 544. The van der Waals surface area contributed by atoms with Crippen LogP contribution in [0.4, 0.5) is 4.79 Å². The van der Waals surface area contributed by atoms with Crippen LogP contribution >= 0.6 is 0 Å². The molecule has 1 aromatic carbocycles. The lowest BCUT2D eigenvalue weighted by Crippen LogP contribution is -2.44. The lowest BCUT2D eigenvalue weighted by molar-refractivity contribution is 0.0695. The Kier molecular flexibility index (Phi) is 4.80. The number of fused-ring (bicyclic) bond motifs is 1. The largest absolute Gasteiger partial charge is 0.478 e. The average molecular weight is 292 g/mol. The van der Waals surface area contributed by atoms with Crippen LogP contribution in [0.25, 0.3) is 0 Å². The van der Waals surface area contributed by atoms with Gasteiger partial charge in [-0.1, -0.05) is 12.1 Å². The number of benzene rings is 1. The third kappa shape index (κ3) is 3.33. The fraction of sp³-hybridized carbons (Fsp3) is 0.467. The molecule has 114 valence electrons. The molecule has 2 amide bonds. The molecule has 0 bridgehead atoms.